The molecule has 0 unspecified atom stereocenters. The van der Waals surface area contributed by atoms with Gasteiger partial charge < -0.3 is 11.1 Å². The molecule has 7 heteroatoms. The van der Waals surface area contributed by atoms with Crippen LogP contribution in [0.25, 0.3) is 0 Å². The third-order valence-electron chi connectivity index (χ3n) is 4.04. The topological polar surface area (TPSA) is 97.0 Å². The number of rotatable bonds is 5. The Bertz CT molecular complexity index is 748. The van der Waals surface area contributed by atoms with Crippen LogP contribution < -0.4 is 11.1 Å². The van der Waals surface area contributed by atoms with Crippen molar-refractivity contribution in [3.8, 4) is 0 Å². The van der Waals surface area contributed by atoms with E-state index in [4.69, 9.17) is 5.73 Å². The first kappa shape index (κ1) is 16.3. The van der Waals surface area contributed by atoms with Crippen molar-refractivity contribution in [3.63, 3.8) is 0 Å². The van der Waals surface area contributed by atoms with E-state index in [2.05, 4.69) is 20.3 Å². The van der Waals surface area contributed by atoms with E-state index in [0.717, 1.165) is 42.4 Å². The third-order valence-corrected chi connectivity index (χ3v) is 4.04. The molecule has 0 spiro atoms. The number of amides is 1. The van der Waals surface area contributed by atoms with Gasteiger partial charge in [0, 0.05) is 17.5 Å². The first-order valence-electron chi connectivity index (χ1n) is 8.10. The normalized spacial score (nSPS) is 17.8. The van der Waals surface area contributed by atoms with E-state index in [1.165, 1.54) is 0 Å². The average molecular weight is 326 g/mol. The maximum absolute atomic E-state index is 11.3. The van der Waals surface area contributed by atoms with Gasteiger partial charge in [-0.05, 0) is 45.4 Å². The van der Waals surface area contributed by atoms with Gasteiger partial charge in [-0.2, -0.15) is 0 Å². The number of carbonyl (C=O) groups is 1. The lowest BCUT2D eigenvalue weighted by Crippen LogP contribution is -2.34. The van der Waals surface area contributed by atoms with Gasteiger partial charge in [0.05, 0.1) is 12.6 Å². The van der Waals surface area contributed by atoms with E-state index in [1.807, 2.05) is 43.0 Å². The Hall–Kier alpha value is -2.54. The molecule has 0 aromatic carbocycles. The predicted molar refractivity (Wildman–Crippen MR) is 91.8 cm³/mol. The Morgan fingerprint density at radius 1 is 1.25 bits per heavy atom. The molecule has 2 aromatic rings. The highest BCUT2D eigenvalue weighted by molar-refractivity contribution is 5.76. The number of nitrogens with two attached hydrogens (primary N) is 1. The van der Waals surface area contributed by atoms with Gasteiger partial charge in [0.2, 0.25) is 5.91 Å². The number of carbonyl (C=O) groups excluding carboxylic acids is 1. The molecule has 1 fully saturated rings. The van der Waals surface area contributed by atoms with Gasteiger partial charge in [-0.15, -0.1) is 0 Å². The summed E-state index contributed by atoms with van der Waals surface area (Å²) in [5.41, 5.74) is 7.16. The largest absolute Gasteiger partial charge is 0.369 e. The Balaban J connectivity index is 1.84. The molecule has 1 saturated heterocycles. The lowest BCUT2D eigenvalue weighted by Gasteiger charge is -2.22. The van der Waals surface area contributed by atoms with Crippen LogP contribution in [0.4, 0.5) is 11.6 Å². The number of hydrogen-bond acceptors (Lipinski definition) is 6. The summed E-state index contributed by atoms with van der Waals surface area (Å²) in [5, 5.41) is 3.23. The molecule has 0 aliphatic carbocycles. The Labute approximate surface area is 141 Å². The summed E-state index contributed by atoms with van der Waals surface area (Å²) in [4.78, 5) is 27.0. The van der Waals surface area contributed by atoms with Crippen LogP contribution >= 0.6 is 0 Å². The van der Waals surface area contributed by atoms with Crippen LogP contribution in [0.2, 0.25) is 0 Å². The van der Waals surface area contributed by atoms with Gasteiger partial charge in [0.1, 0.15) is 17.5 Å². The SMILES string of the molecule is Cc1cccc(Nc2cc(C)nc([C@@H]3CCCN3CC(N)=O)n2)n1. The van der Waals surface area contributed by atoms with Gasteiger partial charge in [-0.25, -0.2) is 15.0 Å². The summed E-state index contributed by atoms with van der Waals surface area (Å²) in [6, 6.07) is 7.72. The lowest BCUT2D eigenvalue weighted by molar-refractivity contribution is -0.119. The van der Waals surface area contributed by atoms with Gasteiger partial charge in [-0.1, -0.05) is 6.07 Å². The van der Waals surface area contributed by atoms with Crippen LogP contribution in [0.5, 0.6) is 0 Å². The number of hydrogen-bond donors (Lipinski definition) is 2. The van der Waals surface area contributed by atoms with Crippen molar-refractivity contribution in [3.05, 3.63) is 41.5 Å². The van der Waals surface area contributed by atoms with Gasteiger partial charge >= 0.3 is 0 Å². The van der Waals surface area contributed by atoms with Gasteiger partial charge in [-0.3, -0.25) is 9.69 Å². The second-order valence-electron chi connectivity index (χ2n) is 6.14. The molecular formula is C17H22N6O. The minimum Gasteiger partial charge on any atom is -0.369 e. The van der Waals surface area contributed by atoms with Crippen LogP contribution in [0.15, 0.2) is 24.3 Å². The maximum Gasteiger partial charge on any atom is 0.231 e. The van der Waals surface area contributed by atoms with Crippen molar-refractivity contribution < 1.29 is 4.79 Å². The summed E-state index contributed by atoms with van der Waals surface area (Å²) < 4.78 is 0. The predicted octanol–water partition coefficient (Wildman–Crippen LogP) is 1.85. The van der Waals surface area contributed by atoms with Crippen LogP contribution in [-0.4, -0.2) is 38.8 Å². The van der Waals surface area contributed by atoms with Crippen LogP contribution in [0.1, 0.15) is 36.1 Å². The molecule has 2 aromatic heterocycles. The Kier molecular flexibility index (Phi) is 4.71. The molecule has 1 aliphatic heterocycles. The summed E-state index contributed by atoms with van der Waals surface area (Å²) in [6.45, 7) is 4.97. The second-order valence-corrected chi connectivity index (χ2v) is 6.14. The van der Waals surface area contributed by atoms with E-state index in [-0.39, 0.29) is 18.5 Å². The zero-order chi connectivity index (χ0) is 17.1. The maximum atomic E-state index is 11.3. The number of likely N-dealkylation sites (tertiary alicyclic amines) is 1. The molecule has 3 rings (SSSR count). The summed E-state index contributed by atoms with van der Waals surface area (Å²) in [6.07, 6.45) is 1.94. The Morgan fingerprint density at radius 3 is 2.83 bits per heavy atom. The van der Waals surface area contributed by atoms with E-state index in [9.17, 15) is 4.79 Å². The number of aryl methyl sites for hydroxylation is 2. The first-order chi connectivity index (χ1) is 11.5. The fourth-order valence-corrected chi connectivity index (χ4v) is 3.06. The quantitative estimate of drug-likeness (QED) is 0.870. The summed E-state index contributed by atoms with van der Waals surface area (Å²) >= 11 is 0. The smallest absolute Gasteiger partial charge is 0.231 e. The molecule has 0 bridgehead atoms. The Morgan fingerprint density at radius 2 is 2.08 bits per heavy atom. The highest BCUT2D eigenvalue weighted by atomic mass is 16.1. The van der Waals surface area contributed by atoms with Crippen molar-refractivity contribution in [1.82, 2.24) is 19.9 Å². The van der Waals surface area contributed by atoms with Crippen LogP contribution in [0, 0.1) is 13.8 Å². The third kappa shape index (κ3) is 3.86. The molecule has 0 radical (unpaired) electrons. The average Bonchev–Trinajstić information content (AvgIpc) is 2.94. The van der Waals surface area contributed by atoms with Gasteiger partial charge in [0.25, 0.3) is 0 Å². The second kappa shape index (κ2) is 6.92. The fraction of sp³-hybridized carbons (Fsp3) is 0.412. The molecule has 3 heterocycles. The molecule has 24 heavy (non-hydrogen) atoms. The van der Waals surface area contributed by atoms with Crippen LogP contribution in [0.3, 0.4) is 0 Å². The number of primary amides is 1. The van der Waals surface area contributed by atoms with E-state index in [0.29, 0.717) is 5.82 Å². The van der Waals surface area contributed by atoms with Crippen LogP contribution in [-0.2, 0) is 4.79 Å². The van der Waals surface area contributed by atoms with Crippen molar-refractivity contribution in [2.45, 2.75) is 32.7 Å². The lowest BCUT2D eigenvalue weighted by atomic mass is 10.2. The van der Waals surface area contributed by atoms with Crippen molar-refractivity contribution >= 4 is 17.5 Å². The molecule has 0 saturated carbocycles. The van der Waals surface area contributed by atoms with E-state index >= 15 is 0 Å². The highest BCUT2D eigenvalue weighted by Crippen LogP contribution is 2.30. The van der Waals surface area contributed by atoms with Crippen molar-refractivity contribution in [2.75, 3.05) is 18.4 Å². The number of pyridine rings is 1. The van der Waals surface area contributed by atoms with Crippen molar-refractivity contribution in [2.24, 2.45) is 5.73 Å². The first-order valence-corrected chi connectivity index (χ1v) is 8.10. The zero-order valence-electron chi connectivity index (χ0n) is 14.0. The molecular weight excluding hydrogens is 304 g/mol. The van der Waals surface area contributed by atoms with Crippen molar-refractivity contribution in [1.29, 1.82) is 0 Å². The molecule has 3 N–H and O–H groups in total. The minimum atomic E-state index is -0.322. The molecule has 1 amide bonds. The number of nitrogens with zero attached hydrogens (tertiary/aromatic N) is 4. The fourth-order valence-electron chi connectivity index (χ4n) is 3.06. The summed E-state index contributed by atoms with van der Waals surface area (Å²) in [7, 11) is 0. The highest BCUT2D eigenvalue weighted by Gasteiger charge is 2.29. The zero-order valence-corrected chi connectivity index (χ0v) is 14.0. The van der Waals surface area contributed by atoms with E-state index < -0.39 is 0 Å². The number of aromatic nitrogens is 3. The minimum absolute atomic E-state index is 0.0309. The number of anilines is 2. The molecule has 1 atom stereocenters. The monoisotopic (exact) mass is 326 g/mol. The summed E-state index contributed by atoms with van der Waals surface area (Å²) in [5.74, 6) is 1.86. The standard InChI is InChI=1S/C17H22N6O/c1-11-5-3-7-15(19-11)21-16-9-12(2)20-17(22-16)13-6-4-8-23(13)10-14(18)24/h3,5,7,9,13H,4,6,8,10H2,1-2H3,(H2,18,24)(H,19,20,21,22)/t13-/m0/s1. The molecule has 1 aliphatic rings. The molecule has 126 valence electrons. The number of nitrogens with one attached hydrogen (secondary N) is 1. The molecule has 7 nitrogen and oxygen atoms in total. The van der Waals surface area contributed by atoms with Gasteiger partial charge in [0.15, 0.2) is 0 Å². The van der Waals surface area contributed by atoms with E-state index in [1.54, 1.807) is 0 Å².